The molecule has 8 heteroatoms. The van der Waals surface area contributed by atoms with Crippen molar-refractivity contribution in [1.29, 1.82) is 0 Å². The van der Waals surface area contributed by atoms with Crippen LogP contribution in [0.1, 0.15) is 12.3 Å². The SMILES string of the molecule is O=C(CCc1nc(-c2cc3ccccc3[nH]c2=O)no1)Nc1ccc(Cl)cc1. The Morgan fingerprint density at radius 3 is 2.75 bits per heavy atom. The first-order valence-electron chi connectivity index (χ1n) is 8.59. The molecule has 2 aromatic carbocycles. The number of carbonyl (C=O) groups excluding carboxylic acids is 1. The molecule has 0 unspecified atom stereocenters. The van der Waals surface area contributed by atoms with Gasteiger partial charge in [-0.15, -0.1) is 0 Å². The summed E-state index contributed by atoms with van der Waals surface area (Å²) in [4.78, 5) is 31.4. The van der Waals surface area contributed by atoms with E-state index in [2.05, 4.69) is 20.4 Å². The van der Waals surface area contributed by atoms with Crippen molar-refractivity contribution in [3.63, 3.8) is 0 Å². The maximum atomic E-state index is 12.3. The summed E-state index contributed by atoms with van der Waals surface area (Å²) in [6.07, 6.45) is 0.427. The van der Waals surface area contributed by atoms with E-state index in [4.69, 9.17) is 16.1 Å². The number of hydrogen-bond acceptors (Lipinski definition) is 5. The molecule has 0 aliphatic carbocycles. The minimum atomic E-state index is -0.300. The molecule has 0 spiro atoms. The monoisotopic (exact) mass is 394 g/mol. The van der Waals surface area contributed by atoms with Gasteiger partial charge in [-0.05, 0) is 41.8 Å². The number of amides is 1. The third kappa shape index (κ3) is 3.94. The molecule has 2 aromatic heterocycles. The van der Waals surface area contributed by atoms with Gasteiger partial charge in [0.2, 0.25) is 17.6 Å². The molecule has 0 bridgehead atoms. The third-order valence-electron chi connectivity index (χ3n) is 4.16. The number of nitrogens with zero attached hydrogens (tertiary/aromatic N) is 2. The zero-order chi connectivity index (χ0) is 19.5. The number of hydrogen-bond donors (Lipinski definition) is 2. The number of H-pyrrole nitrogens is 1. The number of aromatic nitrogens is 3. The van der Waals surface area contributed by atoms with Gasteiger partial charge < -0.3 is 14.8 Å². The number of anilines is 1. The summed E-state index contributed by atoms with van der Waals surface area (Å²) in [6, 6.07) is 16.0. The Balaban J connectivity index is 1.44. The van der Waals surface area contributed by atoms with Crippen molar-refractivity contribution < 1.29 is 9.32 Å². The Labute approximate surface area is 164 Å². The van der Waals surface area contributed by atoms with Crippen LogP contribution < -0.4 is 10.9 Å². The first kappa shape index (κ1) is 17.9. The summed E-state index contributed by atoms with van der Waals surface area (Å²) in [6.45, 7) is 0. The molecule has 0 atom stereocenters. The lowest BCUT2D eigenvalue weighted by atomic mass is 10.1. The maximum Gasteiger partial charge on any atom is 0.259 e. The highest BCUT2D eigenvalue weighted by Gasteiger charge is 2.14. The van der Waals surface area contributed by atoms with Gasteiger partial charge in [0.15, 0.2) is 0 Å². The average molecular weight is 395 g/mol. The molecule has 0 radical (unpaired) electrons. The fraction of sp³-hybridized carbons (Fsp3) is 0.100. The number of carbonyl (C=O) groups is 1. The molecule has 0 aliphatic heterocycles. The van der Waals surface area contributed by atoms with E-state index in [1.165, 1.54) is 0 Å². The predicted molar refractivity (Wildman–Crippen MR) is 106 cm³/mol. The minimum absolute atomic E-state index is 0.165. The van der Waals surface area contributed by atoms with Crippen LogP contribution in [0.5, 0.6) is 0 Å². The molecule has 0 aliphatic rings. The highest BCUT2D eigenvalue weighted by Crippen LogP contribution is 2.18. The lowest BCUT2D eigenvalue weighted by molar-refractivity contribution is -0.116. The first-order chi connectivity index (χ1) is 13.6. The second kappa shape index (κ2) is 7.66. The number of benzene rings is 2. The molecule has 28 heavy (non-hydrogen) atoms. The zero-order valence-electron chi connectivity index (χ0n) is 14.6. The first-order valence-corrected chi connectivity index (χ1v) is 8.97. The number of pyridine rings is 1. The van der Waals surface area contributed by atoms with Gasteiger partial charge in [0.05, 0.1) is 5.56 Å². The van der Waals surface area contributed by atoms with Crippen LogP contribution in [-0.4, -0.2) is 21.0 Å². The van der Waals surface area contributed by atoms with Crippen molar-refractivity contribution in [1.82, 2.24) is 15.1 Å². The molecular weight excluding hydrogens is 380 g/mol. The van der Waals surface area contributed by atoms with Gasteiger partial charge in [-0.25, -0.2) is 0 Å². The van der Waals surface area contributed by atoms with Crippen molar-refractivity contribution in [2.24, 2.45) is 0 Å². The van der Waals surface area contributed by atoms with Crippen LogP contribution in [0.3, 0.4) is 0 Å². The molecule has 4 rings (SSSR count). The quantitative estimate of drug-likeness (QED) is 0.536. The number of halogens is 1. The molecule has 4 aromatic rings. The number of nitrogens with one attached hydrogen (secondary N) is 2. The largest absolute Gasteiger partial charge is 0.339 e. The topological polar surface area (TPSA) is 101 Å². The Bertz CT molecular complexity index is 1200. The lowest BCUT2D eigenvalue weighted by Gasteiger charge is -2.03. The summed E-state index contributed by atoms with van der Waals surface area (Å²) < 4.78 is 5.19. The van der Waals surface area contributed by atoms with E-state index < -0.39 is 0 Å². The number of para-hydroxylation sites is 1. The van der Waals surface area contributed by atoms with E-state index in [1.54, 1.807) is 30.3 Å². The maximum absolute atomic E-state index is 12.3. The van der Waals surface area contributed by atoms with Crippen LogP contribution in [0, 0.1) is 0 Å². The van der Waals surface area contributed by atoms with Crippen molar-refractivity contribution in [2.75, 3.05) is 5.32 Å². The van der Waals surface area contributed by atoms with E-state index in [9.17, 15) is 9.59 Å². The summed E-state index contributed by atoms with van der Waals surface area (Å²) >= 11 is 5.82. The number of aromatic amines is 1. The fourth-order valence-electron chi connectivity index (χ4n) is 2.76. The van der Waals surface area contributed by atoms with Crippen LogP contribution >= 0.6 is 11.6 Å². The summed E-state index contributed by atoms with van der Waals surface area (Å²) in [5, 5.41) is 8.10. The van der Waals surface area contributed by atoms with E-state index >= 15 is 0 Å². The lowest BCUT2D eigenvalue weighted by Crippen LogP contribution is -2.12. The van der Waals surface area contributed by atoms with E-state index in [-0.39, 0.29) is 36.0 Å². The van der Waals surface area contributed by atoms with Gasteiger partial charge in [-0.2, -0.15) is 4.98 Å². The summed E-state index contributed by atoms with van der Waals surface area (Å²) in [5.74, 6) is 0.291. The van der Waals surface area contributed by atoms with Crippen molar-refractivity contribution >= 4 is 34.1 Å². The van der Waals surface area contributed by atoms with Crippen LogP contribution in [0.2, 0.25) is 5.02 Å². The molecule has 2 heterocycles. The molecule has 140 valence electrons. The Morgan fingerprint density at radius 2 is 1.93 bits per heavy atom. The summed E-state index contributed by atoms with van der Waals surface area (Å²) in [7, 11) is 0. The average Bonchev–Trinajstić information content (AvgIpc) is 3.16. The van der Waals surface area contributed by atoms with Crippen LogP contribution in [0.25, 0.3) is 22.3 Å². The van der Waals surface area contributed by atoms with Gasteiger partial charge >= 0.3 is 0 Å². The van der Waals surface area contributed by atoms with Gasteiger partial charge in [0.25, 0.3) is 5.56 Å². The minimum Gasteiger partial charge on any atom is -0.339 e. The van der Waals surface area contributed by atoms with Gasteiger partial charge in [0.1, 0.15) is 0 Å². The highest BCUT2D eigenvalue weighted by atomic mass is 35.5. The highest BCUT2D eigenvalue weighted by molar-refractivity contribution is 6.30. The standard InChI is InChI=1S/C20H15ClN4O3/c21-13-5-7-14(8-6-13)22-17(26)9-10-18-24-19(25-28-18)15-11-12-3-1-2-4-16(12)23-20(15)27/h1-8,11H,9-10H2,(H,22,26)(H,23,27). The number of rotatable bonds is 5. The Morgan fingerprint density at radius 1 is 1.14 bits per heavy atom. The Hall–Kier alpha value is -3.45. The number of aryl methyl sites for hydroxylation is 1. The zero-order valence-corrected chi connectivity index (χ0v) is 15.4. The van der Waals surface area contributed by atoms with E-state index in [0.29, 0.717) is 16.3 Å². The summed E-state index contributed by atoms with van der Waals surface area (Å²) in [5.41, 5.74) is 1.41. The second-order valence-corrected chi connectivity index (χ2v) is 6.60. The van der Waals surface area contributed by atoms with Gasteiger partial charge in [-0.1, -0.05) is 35.0 Å². The van der Waals surface area contributed by atoms with Crippen LogP contribution in [-0.2, 0) is 11.2 Å². The molecule has 1 amide bonds. The van der Waals surface area contributed by atoms with Crippen LogP contribution in [0.15, 0.2) is 63.9 Å². The molecule has 0 saturated carbocycles. The second-order valence-electron chi connectivity index (χ2n) is 6.17. The molecule has 0 fully saturated rings. The molecule has 0 saturated heterocycles. The Kier molecular flexibility index (Phi) is 4.90. The fourth-order valence-corrected chi connectivity index (χ4v) is 2.88. The third-order valence-corrected chi connectivity index (χ3v) is 4.41. The normalized spacial score (nSPS) is 10.9. The van der Waals surface area contributed by atoms with Crippen molar-refractivity contribution in [3.05, 3.63) is 75.9 Å². The van der Waals surface area contributed by atoms with E-state index in [1.807, 2.05) is 24.3 Å². The predicted octanol–water partition coefficient (Wildman–Crippen LogP) is 3.80. The van der Waals surface area contributed by atoms with Crippen LogP contribution in [0.4, 0.5) is 5.69 Å². The number of fused-ring (bicyclic) bond motifs is 1. The molecule has 7 nitrogen and oxygen atoms in total. The van der Waals surface area contributed by atoms with Crippen molar-refractivity contribution in [2.45, 2.75) is 12.8 Å². The smallest absolute Gasteiger partial charge is 0.259 e. The van der Waals surface area contributed by atoms with E-state index in [0.717, 1.165) is 10.9 Å². The van der Waals surface area contributed by atoms with Gasteiger partial charge in [-0.3, -0.25) is 9.59 Å². The van der Waals surface area contributed by atoms with Crippen molar-refractivity contribution in [3.8, 4) is 11.4 Å². The molecular formula is C20H15ClN4O3. The van der Waals surface area contributed by atoms with Gasteiger partial charge in [0, 0.05) is 29.1 Å². The molecule has 2 N–H and O–H groups in total.